The number of nitrogens with one attached hydrogen (secondary N) is 2. The number of hydrogen-bond donors (Lipinski definition) is 2. The number of amides is 1. The molecule has 0 unspecified atom stereocenters. The van der Waals surface area contributed by atoms with Crippen LogP contribution < -0.4 is 10.6 Å². The summed E-state index contributed by atoms with van der Waals surface area (Å²) in [5.41, 5.74) is 4.26. The van der Waals surface area contributed by atoms with Gasteiger partial charge in [-0.15, -0.1) is 11.3 Å². The standard InChI is InChI=1S/C16H19N3OS/c1-10-4-3-5-11(2)16(10)19-14(20)8-15-18-12-6-7-17-9-13(12)21-15/h3-5,17H,6-9H2,1-2H3,(H,19,20). The molecule has 1 aromatic carbocycles. The average molecular weight is 301 g/mol. The molecule has 3 rings (SSSR count). The minimum absolute atomic E-state index is 0.00598. The van der Waals surface area contributed by atoms with Crippen molar-refractivity contribution < 1.29 is 4.79 Å². The molecule has 0 bridgehead atoms. The molecule has 1 aliphatic rings. The van der Waals surface area contributed by atoms with Crippen LogP contribution in [0.15, 0.2) is 18.2 Å². The molecule has 2 heterocycles. The summed E-state index contributed by atoms with van der Waals surface area (Å²) in [6, 6.07) is 6.02. The van der Waals surface area contributed by atoms with Crippen LogP contribution in [-0.2, 0) is 24.2 Å². The second-order valence-electron chi connectivity index (χ2n) is 5.40. The molecule has 0 fully saturated rings. The van der Waals surface area contributed by atoms with E-state index in [1.165, 1.54) is 4.88 Å². The summed E-state index contributed by atoms with van der Waals surface area (Å²) in [5.74, 6) is 0.00598. The number of thiazole rings is 1. The molecule has 4 nitrogen and oxygen atoms in total. The predicted octanol–water partition coefficient (Wildman–Crippen LogP) is 2.59. The second-order valence-corrected chi connectivity index (χ2v) is 6.56. The molecule has 2 aromatic rings. The molecule has 0 saturated heterocycles. The maximum absolute atomic E-state index is 12.2. The minimum atomic E-state index is 0.00598. The molecule has 0 radical (unpaired) electrons. The first-order chi connectivity index (χ1) is 10.1. The second kappa shape index (κ2) is 5.95. The summed E-state index contributed by atoms with van der Waals surface area (Å²) >= 11 is 1.65. The van der Waals surface area contributed by atoms with E-state index in [1.54, 1.807) is 11.3 Å². The Labute approximate surface area is 128 Å². The Morgan fingerprint density at radius 3 is 2.86 bits per heavy atom. The average Bonchev–Trinajstić information content (AvgIpc) is 2.85. The van der Waals surface area contributed by atoms with E-state index in [1.807, 2.05) is 32.0 Å². The van der Waals surface area contributed by atoms with Gasteiger partial charge in [0.2, 0.25) is 5.91 Å². The Bertz CT molecular complexity index is 634. The zero-order chi connectivity index (χ0) is 14.8. The van der Waals surface area contributed by atoms with E-state index in [9.17, 15) is 4.79 Å². The number of anilines is 1. The van der Waals surface area contributed by atoms with Gasteiger partial charge in [-0.05, 0) is 25.0 Å². The minimum Gasteiger partial charge on any atom is -0.325 e. The van der Waals surface area contributed by atoms with Crippen LogP contribution in [0.3, 0.4) is 0 Å². The summed E-state index contributed by atoms with van der Waals surface area (Å²) in [5, 5.41) is 7.26. The van der Waals surface area contributed by atoms with E-state index in [2.05, 4.69) is 15.6 Å². The van der Waals surface area contributed by atoms with Crippen molar-refractivity contribution in [1.82, 2.24) is 10.3 Å². The number of aryl methyl sites for hydroxylation is 2. The molecule has 0 spiro atoms. The van der Waals surface area contributed by atoms with Crippen molar-refractivity contribution in [3.8, 4) is 0 Å². The van der Waals surface area contributed by atoms with E-state index in [0.717, 1.165) is 47.0 Å². The van der Waals surface area contributed by atoms with Crippen molar-refractivity contribution >= 4 is 22.9 Å². The number of para-hydroxylation sites is 1. The summed E-state index contributed by atoms with van der Waals surface area (Å²) in [6.07, 6.45) is 1.32. The van der Waals surface area contributed by atoms with Gasteiger partial charge in [0.15, 0.2) is 0 Å². The molecular weight excluding hydrogens is 282 g/mol. The Hall–Kier alpha value is -1.72. The van der Waals surface area contributed by atoms with Crippen molar-refractivity contribution in [2.24, 2.45) is 0 Å². The summed E-state index contributed by atoms with van der Waals surface area (Å²) in [7, 11) is 0. The van der Waals surface area contributed by atoms with E-state index in [-0.39, 0.29) is 5.91 Å². The Morgan fingerprint density at radius 2 is 2.14 bits per heavy atom. The zero-order valence-corrected chi connectivity index (χ0v) is 13.1. The smallest absolute Gasteiger partial charge is 0.231 e. The van der Waals surface area contributed by atoms with Crippen LogP contribution in [0.4, 0.5) is 5.69 Å². The van der Waals surface area contributed by atoms with Crippen LogP contribution >= 0.6 is 11.3 Å². The highest BCUT2D eigenvalue weighted by Gasteiger charge is 2.17. The van der Waals surface area contributed by atoms with Gasteiger partial charge in [0, 0.05) is 30.1 Å². The van der Waals surface area contributed by atoms with Crippen LogP contribution in [0.2, 0.25) is 0 Å². The van der Waals surface area contributed by atoms with Gasteiger partial charge in [0.1, 0.15) is 5.01 Å². The van der Waals surface area contributed by atoms with Crippen LogP contribution in [0.5, 0.6) is 0 Å². The van der Waals surface area contributed by atoms with Gasteiger partial charge >= 0.3 is 0 Å². The zero-order valence-electron chi connectivity index (χ0n) is 12.3. The van der Waals surface area contributed by atoms with Crippen LogP contribution in [0.1, 0.15) is 26.7 Å². The van der Waals surface area contributed by atoms with Crippen molar-refractivity contribution in [2.45, 2.75) is 33.2 Å². The largest absolute Gasteiger partial charge is 0.325 e. The lowest BCUT2D eigenvalue weighted by molar-refractivity contribution is -0.115. The van der Waals surface area contributed by atoms with Crippen molar-refractivity contribution in [3.05, 3.63) is 44.9 Å². The summed E-state index contributed by atoms with van der Waals surface area (Å²) < 4.78 is 0. The molecule has 110 valence electrons. The monoisotopic (exact) mass is 301 g/mol. The first-order valence-corrected chi connectivity index (χ1v) is 7.99. The highest BCUT2D eigenvalue weighted by molar-refractivity contribution is 7.11. The number of rotatable bonds is 3. The molecule has 2 N–H and O–H groups in total. The topological polar surface area (TPSA) is 54.0 Å². The molecule has 1 amide bonds. The van der Waals surface area contributed by atoms with Crippen molar-refractivity contribution in [3.63, 3.8) is 0 Å². The summed E-state index contributed by atoms with van der Waals surface area (Å²) in [4.78, 5) is 18.1. The van der Waals surface area contributed by atoms with Crippen LogP contribution in [0, 0.1) is 13.8 Å². The number of nitrogens with zero attached hydrogens (tertiary/aromatic N) is 1. The van der Waals surface area contributed by atoms with Gasteiger partial charge in [-0.1, -0.05) is 18.2 Å². The Morgan fingerprint density at radius 1 is 1.38 bits per heavy atom. The van der Waals surface area contributed by atoms with E-state index in [4.69, 9.17) is 0 Å². The predicted molar refractivity (Wildman–Crippen MR) is 85.8 cm³/mol. The lowest BCUT2D eigenvalue weighted by atomic mass is 10.1. The highest BCUT2D eigenvalue weighted by Crippen LogP contribution is 2.23. The van der Waals surface area contributed by atoms with Gasteiger partial charge in [-0.3, -0.25) is 4.79 Å². The van der Waals surface area contributed by atoms with Crippen molar-refractivity contribution in [2.75, 3.05) is 11.9 Å². The molecule has 1 aliphatic heterocycles. The molecule has 1 aromatic heterocycles. The van der Waals surface area contributed by atoms with E-state index >= 15 is 0 Å². The van der Waals surface area contributed by atoms with Crippen molar-refractivity contribution in [1.29, 1.82) is 0 Å². The highest BCUT2D eigenvalue weighted by atomic mass is 32.1. The fraction of sp³-hybridized carbons (Fsp3) is 0.375. The van der Waals surface area contributed by atoms with Gasteiger partial charge < -0.3 is 10.6 Å². The number of aromatic nitrogens is 1. The number of benzene rings is 1. The number of carbonyl (C=O) groups is 1. The van der Waals surface area contributed by atoms with Gasteiger partial charge in [0.05, 0.1) is 12.1 Å². The molecule has 5 heteroatoms. The summed E-state index contributed by atoms with van der Waals surface area (Å²) in [6.45, 7) is 5.88. The maximum Gasteiger partial charge on any atom is 0.231 e. The van der Waals surface area contributed by atoms with E-state index in [0.29, 0.717) is 6.42 Å². The third-order valence-electron chi connectivity index (χ3n) is 3.70. The normalized spacial score (nSPS) is 13.8. The molecule has 0 saturated carbocycles. The SMILES string of the molecule is Cc1cccc(C)c1NC(=O)Cc1nc2c(s1)CNCC2. The third-order valence-corrected chi connectivity index (χ3v) is 4.80. The number of hydrogen-bond acceptors (Lipinski definition) is 4. The molecule has 0 atom stereocenters. The third kappa shape index (κ3) is 3.14. The first-order valence-electron chi connectivity index (χ1n) is 7.17. The Kier molecular flexibility index (Phi) is 4.03. The fourth-order valence-electron chi connectivity index (χ4n) is 2.59. The fourth-order valence-corrected chi connectivity index (χ4v) is 3.67. The molecule has 0 aliphatic carbocycles. The Balaban J connectivity index is 1.70. The number of fused-ring (bicyclic) bond motifs is 1. The van der Waals surface area contributed by atoms with Gasteiger partial charge in [-0.25, -0.2) is 4.98 Å². The lowest BCUT2D eigenvalue weighted by Gasteiger charge is -2.10. The van der Waals surface area contributed by atoms with Crippen LogP contribution in [0.25, 0.3) is 0 Å². The molecule has 21 heavy (non-hydrogen) atoms. The maximum atomic E-state index is 12.2. The van der Waals surface area contributed by atoms with Crippen LogP contribution in [-0.4, -0.2) is 17.4 Å². The first kappa shape index (κ1) is 14.2. The van der Waals surface area contributed by atoms with Gasteiger partial charge in [-0.2, -0.15) is 0 Å². The molecular formula is C16H19N3OS. The van der Waals surface area contributed by atoms with Gasteiger partial charge in [0.25, 0.3) is 0 Å². The van der Waals surface area contributed by atoms with E-state index < -0.39 is 0 Å². The number of carbonyl (C=O) groups excluding carboxylic acids is 1. The lowest BCUT2D eigenvalue weighted by Crippen LogP contribution is -2.22. The quantitative estimate of drug-likeness (QED) is 0.916.